The van der Waals surface area contributed by atoms with Crippen molar-refractivity contribution in [3.63, 3.8) is 0 Å². The topological polar surface area (TPSA) is 88.9 Å². The van der Waals surface area contributed by atoms with Crippen molar-refractivity contribution in [3.05, 3.63) is 4.60 Å². The van der Waals surface area contributed by atoms with Crippen molar-refractivity contribution in [2.45, 2.75) is 17.9 Å². The van der Waals surface area contributed by atoms with Crippen LogP contribution in [0.3, 0.4) is 0 Å². The second-order valence-corrected chi connectivity index (χ2v) is 6.79. The number of halogens is 1. The van der Waals surface area contributed by atoms with Gasteiger partial charge in [-0.25, -0.2) is 17.8 Å². The molecule has 0 bridgehead atoms. The van der Waals surface area contributed by atoms with Crippen LogP contribution in [0.25, 0.3) is 0 Å². The molecule has 1 aliphatic heterocycles. The van der Waals surface area contributed by atoms with E-state index in [-0.39, 0.29) is 9.63 Å². The SMILES string of the molecule is Cn1nnc(Br)c1S(=O)(=O)NCCC1CCNC1. The van der Waals surface area contributed by atoms with Crippen molar-refractivity contribution < 1.29 is 8.42 Å². The van der Waals surface area contributed by atoms with Gasteiger partial charge >= 0.3 is 0 Å². The molecule has 9 heteroatoms. The van der Waals surface area contributed by atoms with Crippen LogP contribution in [0.1, 0.15) is 12.8 Å². The Kier molecular flexibility index (Phi) is 4.36. The minimum atomic E-state index is -3.55. The number of sulfonamides is 1. The predicted octanol–water partition coefficient (Wildman–Crippen LogP) is -0.144. The lowest BCUT2D eigenvalue weighted by atomic mass is 10.1. The van der Waals surface area contributed by atoms with Crippen LogP contribution in [0.4, 0.5) is 0 Å². The summed E-state index contributed by atoms with van der Waals surface area (Å²) < 4.78 is 28.2. The van der Waals surface area contributed by atoms with Crippen molar-refractivity contribution in [2.24, 2.45) is 13.0 Å². The first kappa shape index (κ1) is 13.9. The zero-order valence-electron chi connectivity index (χ0n) is 10.1. The summed E-state index contributed by atoms with van der Waals surface area (Å²) in [5.41, 5.74) is 0. The lowest BCUT2D eigenvalue weighted by Crippen LogP contribution is -2.28. The number of aryl methyl sites for hydroxylation is 1. The van der Waals surface area contributed by atoms with Gasteiger partial charge in [0.05, 0.1) is 0 Å². The molecule has 2 rings (SSSR count). The smallest absolute Gasteiger partial charge is 0.260 e. The fourth-order valence-corrected chi connectivity index (χ4v) is 4.17. The molecule has 1 unspecified atom stereocenters. The van der Waals surface area contributed by atoms with Gasteiger partial charge < -0.3 is 5.32 Å². The molecule has 0 radical (unpaired) electrons. The van der Waals surface area contributed by atoms with E-state index >= 15 is 0 Å². The molecular formula is C9H16BrN5O2S. The zero-order chi connectivity index (χ0) is 13.2. The highest BCUT2D eigenvalue weighted by molar-refractivity contribution is 9.10. The number of nitrogens with one attached hydrogen (secondary N) is 2. The van der Waals surface area contributed by atoms with E-state index < -0.39 is 10.0 Å². The second kappa shape index (κ2) is 5.64. The van der Waals surface area contributed by atoms with Gasteiger partial charge in [-0.15, -0.1) is 5.10 Å². The van der Waals surface area contributed by atoms with Crippen LogP contribution in [0.2, 0.25) is 0 Å². The average molecular weight is 338 g/mol. The lowest BCUT2D eigenvalue weighted by Gasteiger charge is -2.09. The van der Waals surface area contributed by atoms with Crippen LogP contribution < -0.4 is 10.0 Å². The number of aromatic nitrogens is 3. The third kappa shape index (κ3) is 3.08. The normalized spacial score (nSPS) is 20.4. The van der Waals surface area contributed by atoms with Crippen molar-refractivity contribution >= 4 is 26.0 Å². The van der Waals surface area contributed by atoms with Gasteiger partial charge in [-0.2, -0.15) is 0 Å². The Labute approximate surface area is 115 Å². The monoisotopic (exact) mass is 337 g/mol. The molecule has 1 saturated heterocycles. The maximum absolute atomic E-state index is 12.1. The van der Waals surface area contributed by atoms with E-state index in [0.29, 0.717) is 12.5 Å². The highest BCUT2D eigenvalue weighted by Crippen LogP contribution is 2.18. The third-order valence-corrected chi connectivity index (χ3v) is 5.35. The Morgan fingerprint density at radius 2 is 2.39 bits per heavy atom. The standard InChI is InChI=1S/C9H16BrN5O2S/c1-15-9(8(10)13-14-15)18(16,17)12-5-3-7-2-4-11-6-7/h7,11-12H,2-6H2,1H3. The van der Waals surface area contributed by atoms with Gasteiger partial charge in [0.15, 0.2) is 4.60 Å². The van der Waals surface area contributed by atoms with Crippen molar-refractivity contribution in [1.82, 2.24) is 25.0 Å². The van der Waals surface area contributed by atoms with E-state index in [2.05, 4.69) is 36.3 Å². The van der Waals surface area contributed by atoms with Gasteiger partial charge in [-0.05, 0) is 47.8 Å². The first-order valence-electron chi connectivity index (χ1n) is 5.76. The average Bonchev–Trinajstić information content (AvgIpc) is 2.89. The molecule has 102 valence electrons. The molecule has 2 heterocycles. The maximum atomic E-state index is 12.1. The highest BCUT2D eigenvalue weighted by Gasteiger charge is 2.24. The van der Waals surface area contributed by atoms with Crippen LogP contribution in [0.5, 0.6) is 0 Å². The van der Waals surface area contributed by atoms with Crippen LogP contribution >= 0.6 is 15.9 Å². The second-order valence-electron chi connectivity index (χ2n) is 4.35. The first-order chi connectivity index (χ1) is 8.50. The van der Waals surface area contributed by atoms with Gasteiger partial charge in [-0.3, -0.25) is 0 Å². The number of rotatable bonds is 5. The largest absolute Gasteiger partial charge is 0.316 e. The fourth-order valence-electron chi connectivity index (χ4n) is 2.03. The van der Waals surface area contributed by atoms with Crippen molar-refractivity contribution in [1.29, 1.82) is 0 Å². The van der Waals surface area contributed by atoms with Gasteiger partial charge in [0.25, 0.3) is 10.0 Å². The molecule has 1 aromatic heterocycles. The molecule has 2 N–H and O–H groups in total. The van der Waals surface area contributed by atoms with Crippen LogP contribution in [0.15, 0.2) is 9.63 Å². The van der Waals surface area contributed by atoms with Gasteiger partial charge in [0.1, 0.15) is 0 Å². The molecule has 1 fully saturated rings. The molecule has 0 saturated carbocycles. The molecule has 18 heavy (non-hydrogen) atoms. The van der Waals surface area contributed by atoms with Gasteiger partial charge in [-0.1, -0.05) is 5.21 Å². The maximum Gasteiger partial charge on any atom is 0.260 e. The molecule has 7 nitrogen and oxygen atoms in total. The van der Waals surface area contributed by atoms with E-state index in [9.17, 15) is 8.42 Å². The minimum Gasteiger partial charge on any atom is -0.316 e. The third-order valence-electron chi connectivity index (χ3n) is 3.00. The summed E-state index contributed by atoms with van der Waals surface area (Å²) in [4.78, 5) is 0. The van der Waals surface area contributed by atoms with E-state index in [0.717, 1.165) is 25.9 Å². The van der Waals surface area contributed by atoms with Gasteiger partial charge in [0, 0.05) is 13.6 Å². The summed E-state index contributed by atoms with van der Waals surface area (Å²) >= 11 is 3.09. The Morgan fingerprint density at radius 3 is 2.94 bits per heavy atom. The summed E-state index contributed by atoms with van der Waals surface area (Å²) in [6.07, 6.45) is 1.95. The Hall–Kier alpha value is -0.510. The highest BCUT2D eigenvalue weighted by atomic mass is 79.9. The van der Waals surface area contributed by atoms with Crippen LogP contribution in [-0.4, -0.2) is 43.0 Å². The van der Waals surface area contributed by atoms with Crippen molar-refractivity contribution in [2.75, 3.05) is 19.6 Å². The molecule has 1 atom stereocenters. The van der Waals surface area contributed by atoms with Crippen LogP contribution in [0, 0.1) is 5.92 Å². The zero-order valence-corrected chi connectivity index (χ0v) is 12.5. The molecule has 0 spiro atoms. The van der Waals surface area contributed by atoms with Gasteiger partial charge in [0.2, 0.25) is 5.03 Å². The Bertz CT molecular complexity index is 490. The molecule has 0 aromatic carbocycles. The van der Waals surface area contributed by atoms with E-state index in [4.69, 9.17) is 0 Å². The Balaban J connectivity index is 1.95. The van der Waals surface area contributed by atoms with E-state index in [1.165, 1.54) is 4.68 Å². The van der Waals surface area contributed by atoms with Crippen molar-refractivity contribution in [3.8, 4) is 0 Å². The minimum absolute atomic E-state index is 0.0621. The van der Waals surface area contributed by atoms with Crippen LogP contribution in [-0.2, 0) is 17.1 Å². The Morgan fingerprint density at radius 1 is 1.61 bits per heavy atom. The lowest BCUT2D eigenvalue weighted by molar-refractivity contribution is 0.514. The fraction of sp³-hybridized carbons (Fsp3) is 0.778. The number of hydrogen-bond acceptors (Lipinski definition) is 5. The summed E-state index contributed by atoms with van der Waals surface area (Å²) in [6, 6.07) is 0. The summed E-state index contributed by atoms with van der Waals surface area (Å²) in [7, 11) is -2.00. The summed E-state index contributed by atoms with van der Waals surface area (Å²) in [5.74, 6) is 0.556. The molecule has 0 amide bonds. The molecule has 1 aliphatic rings. The molecule has 0 aliphatic carbocycles. The molecule has 1 aromatic rings. The first-order valence-corrected chi connectivity index (χ1v) is 8.04. The number of nitrogens with zero attached hydrogens (tertiary/aromatic N) is 3. The molecular weight excluding hydrogens is 322 g/mol. The van der Waals surface area contributed by atoms with E-state index in [1.54, 1.807) is 7.05 Å². The summed E-state index contributed by atoms with van der Waals surface area (Å²) in [5, 5.41) is 10.6. The number of hydrogen-bond donors (Lipinski definition) is 2. The van der Waals surface area contributed by atoms with E-state index in [1.807, 2.05) is 0 Å². The quantitative estimate of drug-likeness (QED) is 0.780. The predicted molar refractivity (Wildman–Crippen MR) is 69.5 cm³/mol. The summed E-state index contributed by atoms with van der Waals surface area (Å²) in [6.45, 7) is 2.43.